The summed E-state index contributed by atoms with van der Waals surface area (Å²) in [6, 6.07) is 24.2. The van der Waals surface area contributed by atoms with E-state index in [1.807, 2.05) is 55.5 Å². The highest BCUT2D eigenvalue weighted by Crippen LogP contribution is 2.38. The van der Waals surface area contributed by atoms with E-state index in [4.69, 9.17) is 26.2 Å². The molecule has 4 rings (SSSR count). The molecular formula is C24H23ClN2O2. The Hall–Kier alpha value is -2.98. The number of anilines is 1. The van der Waals surface area contributed by atoms with E-state index in [-0.39, 0.29) is 6.04 Å². The second-order valence-electron chi connectivity index (χ2n) is 6.82. The monoisotopic (exact) mass is 406 g/mol. The van der Waals surface area contributed by atoms with Crippen molar-refractivity contribution in [3.8, 4) is 11.5 Å². The molecule has 0 saturated carbocycles. The van der Waals surface area contributed by atoms with Crippen LogP contribution in [0.15, 0.2) is 77.9 Å². The highest BCUT2D eigenvalue weighted by Gasteiger charge is 2.30. The third-order valence-electron chi connectivity index (χ3n) is 4.98. The van der Waals surface area contributed by atoms with E-state index < -0.39 is 0 Å². The van der Waals surface area contributed by atoms with Crippen LogP contribution < -0.4 is 14.5 Å². The summed E-state index contributed by atoms with van der Waals surface area (Å²) in [5.41, 5.74) is 4.28. The van der Waals surface area contributed by atoms with Gasteiger partial charge in [0.2, 0.25) is 0 Å². The van der Waals surface area contributed by atoms with Gasteiger partial charge in [0, 0.05) is 11.4 Å². The van der Waals surface area contributed by atoms with Gasteiger partial charge in [0.25, 0.3) is 0 Å². The molecule has 0 aliphatic carbocycles. The van der Waals surface area contributed by atoms with Crippen LogP contribution in [0.2, 0.25) is 5.02 Å². The molecule has 0 N–H and O–H groups in total. The van der Waals surface area contributed by atoms with E-state index >= 15 is 0 Å². The predicted molar refractivity (Wildman–Crippen MR) is 118 cm³/mol. The number of methoxy groups -OCH3 is 1. The molecule has 0 radical (unpaired) electrons. The summed E-state index contributed by atoms with van der Waals surface area (Å²) < 4.78 is 10.9. The predicted octanol–water partition coefficient (Wildman–Crippen LogP) is 6.10. The summed E-state index contributed by atoms with van der Waals surface area (Å²) in [6.07, 6.45) is 0.798. The van der Waals surface area contributed by atoms with Crippen molar-refractivity contribution < 1.29 is 9.47 Å². The van der Waals surface area contributed by atoms with E-state index in [1.54, 1.807) is 7.11 Å². The van der Waals surface area contributed by atoms with Gasteiger partial charge in [0.1, 0.15) is 11.5 Å². The zero-order valence-corrected chi connectivity index (χ0v) is 17.3. The summed E-state index contributed by atoms with van der Waals surface area (Å²) in [7, 11) is 1.68. The summed E-state index contributed by atoms with van der Waals surface area (Å²) in [6.45, 7) is 2.64. The van der Waals surface area contributed by atoms with Crippen molar-refractivity contribution in [2.75, 3.05) is 18.7 Å². The van der Waals surface area contributed by atoms with Crippen molar-refractivity contribution in [2.45, 2.75) is 19.4 Å². The Morgan fingerprint density at radius 2 is 1.72 bits per heavy atom. The van der Waals surface area contributed by atoms with Crippen LogP contribution in [0.5, 0.6) is 11.5 Å². The minimum Gasteiger partial charge on any atom is -0.497 e. The quantitative estimate of drug-likeness (QED) is 0.495. The summed E-state index contributed by atoms with van der Waals surface area (Å²) in [5, 5.41) is 7.72. The lowest BCUT2D eigenvalue weighted by Gasteiger charge is -2.24. The second kappa shape index (κ2) is 8.58. The van der Waals surface area contributed by atoms with Crippen LogP contribution in [0.25, 0.3) is 0 Å². The molecule has 1 atom stereocenters. The Labute approximate surface area is 176 Å². The summed E-state index contributed by atoms with van der Waals surface area (Å²) in [5.74, 6) is 1.71. The summed E-state index contributed by atoms with van der Waals surface area (Å²) in [4.78, 5) is 0. The van der Waals surface area contributed by atoms with Crippen LogP contribution in [0.4, 0.5) is 5.69 Å². The molecule has 0 fully saturated rings. The van der Waals surface area contributed by atoms with E-state index in [9.17, 15) is 0 Å². The first-order valence-corrected chi connectivity index (χ1v) is 10.0. The molecule has 1 heterocycles. The molecule has 148 valence electrons. The average molecular weight is 407 g/mol. The van der Waals surface area contributed by atoms with Crippen LogP contribution in [0, 0.1) is 0 Å². The van der Waals surface area contributed by atoms with Gasteiger partial charge in [-0.3, -0.25) is 5.01 Å². The maximum absolute atomic E-state index is 6.25. The van der Waals surface area contributed by atoms with Gasteiger partial charge < -0.3 is 9.47 Å². The minimum absolute atomic E-state index is 0.0842. The molecule has 3 aromatic carbocycles. The number of hydrazone groups is 1. The van der Waals surface area contributed by atoms with E-state index in [0.29, 0.717) is 11.6 Å². The van der Waals surface area contributed by atoms with E-state index in [0.717, 1.165) is 34.9 Å². The molecule has 1 aliphatic rings. The fourth-order valence-electron chi connectivity index (χ4n) is 3.54. The Balaban J connectivity index is 1.69. The fraction of sp³-hybridized carbons (Fsp3) is 0.208. The lowest BCUT2D eigenvalue weighted by molar-refractivity contribution is 0.340. The van der Waals surface area contributed by atoms with Crippen LogP contribution >= 0.6 is 11.6 Å². The van der Waals surface area contributed by atoms with Gasteiger partial charge in [-0.25, -0.2) is 0 Å². The fourth-order valence-corrected chi connectivity index (χ4v) is 3.72. The Kier molecular flexibility index (Phi) is 5.72. The summed E-state index contributed by atoms with van der Waals surface area (Å²) >= 11 is 6.25. The first-order chi connectivity index (χ1) is 14.2. The van der Waals surface area contributed by atoms with Crippen LogP contribution in [-0.2, 0) is 0 Å². The lowest BCUT2D eigenvalue weighted by atomic mass is 9.98. The van der Waals surface area contributed by atoms with Crippen molar-refractivity contribution in [2.24, 2.45) is 5.10 Å². The van der Waals surface area contributed by atoms with Gasteiger partial charge in [-0.2, -0.15) is 5.10 Å². The Morgan fingerprint density at radius 1 is 1.00 bits per heavy atom. The molecule has 0 amide bonds. The van der Waals surface area contributed by atoms with Crippen molar-refractivity contribution in [1.82, 2.24) is 0 Å². The zero-order valence-electron chi connectivity index (χ0n) is 16.5. The molecule has 5 heteroatoms. The van der Waals surface area contributed by atoms with Gasteiger partial charge in [0.05, 0.1) is 31.2 Å². The highest BCUT2D eigenvalue weighted by molar-refractivity contribution is 6.30. The van der Waals surface area contributed by atoms with Gasteiger partial charge in [-0.15, -0.1) is 0 Å². The first kappa shape index (κ1) is 19.3. The van der Waals surface area contributed by atoms with Crippen molar-refractivity contribution in [3.05, 3.63) is 88.9 Å². The molecule has 4 nitrogen and oxygen atoms in total. The zero-order chi connectivity index (χ0) is 20.2. The second-order valence-corrected chi connectivity index (χ2v) is 7.26. The standard InChI is InChI=1S/C24H23ClN2O2/c1-3-29-22-13-7-17(8-14-22)23-16-24(18-9-11-21(28-2)12-10-18)27(26-23)20-6-4-5-19(25)15-20/h4-15,24H,3,16H2,1-2H3. The van der Waals surface area contributed by atoms with E-state index in [2.05, 4.69) is 29.3 Å². The molecule has 1 unspecified atom stereocenters. The topological polar surface area (TPSA) is 34.1 Å². The van der Waals surface area contributed by atoms with Gasteiger partial charge in [0.15, 0.2) is 0 Å². The Morgan fingerprint density at radius 3 is 2.38 bits per heavy atom. The number of nitrogens with zero attached hydrogens (tertiary/aromatic N) is 2. The molecule has 0 spiro atoms. The number of halogens is 1. The largest absolute Gasteiger partial charge is 0.497 e. The molecule has 0 bridgehead atoms. The SMILES string of the molecule is CCOc1ccc(C2=NN(c3cccc(Cl)c3)C(c3ccc(OC)cc3)C2)cc1. The smallest absolute Gasteiger partial charge is 0.119 e. The van der Waals surface area contributed by atoms with E-state index in [1.165, 1.54) is 5.56 Å². The highest BCUT2D eigenvalue weighted by atomic mass is 35.5. The van der Waals surface area contributed by atoms with Crippen molar-refractivity contribution in [3.63, 3.8) is 0 Å². The molecule has 0 saturated heterocycles. The molecule has 0 aromatic heterocycles. The van der Waals surface area contributed by atoms with Gasteiger partial charge in [-0.1, -0.05) is 29.8 Å². The number of hydrogen-bond acceptors (Lipinski definition) is 4. The number of hydrogen-bond donors (Lipinski definition) is 0. The van der Waals surface area contributed by atoms with Crippen LogP contribution in [0.1, 0.15) is 30.5 Å². The number of ether oxygens (including phenoxy) is 2. The van der Waals surface area contributed by atoms with Crippen LogP contribution in [0.3, 0.4) is 0 Å². The third kappa shape index (κ3) is 4.22. The third-order valence-corrected chi connectivity index (χ3v) is 5.22. The van der Waals surface area contributed by atoms with Crippen molar-refractivity contribution >= 4 is 23.0 Å². The molecular weight excluding hydrogens is 384 g/mol. The maximum atomic E-state index is 6.25. The molecule has 29 heavy (non-hydrogen) atoms. The normalized spacial score (nSPS) is 15.9. The van der Waals surface area contributed by atoms with Gasteiger partial charge >= 0.3 is 0 Å². The van der Waals surface area contributed by atoms with Crippen molar-refractivity contribution in [1.29, 1.82) is 0 Å². The first-order valence-electron chi connectivity index (χ1n) is 9.67. The number of benzene rings is 3. The van der Waals surface area contributed by atoms with Gasteiger partial charge in [-0.05, 0) is 72.6 Å². The average Bonchev–Trinajstić information content (AvgIpc) is 3.20. The minimum atomic E-state index is 0.0842. The molecule has 3 aromatic rings. The molecule has 1 aliphatic heterocycles. The number of rotatable bonds is 6. The Bertz CT molecular complexity index is 1000. The lowest BCUT2D eigenvalue weighted by Crippen LogP contribution is -2.18. The van der Waals surface area contributed by atoms with Crippen LogP contribution in [-0.4, -0.2) is 19.4 Å². The maximum Gasteiger partial charge on any atom is 0.119 e.